The van der Waals surface area contributed by atoms with Crippen molar-refractivity contribution in [3.8, 4) is 0 Å². The Bertz CT molecular complexity index is 534. The van der Waals surface area contributed by atoms with Crippen molar-refractivity contribution in [3.05, 3.63) is 6.33 Å². The molecule has 0 aliphatic heterocycles. The lowest BCUT2D eigenvalue weighted by Crippen LogP contribution is -2.08. The SMILES string of the molecule is CCC1CC1Nc1nc(NC)nc2nc[nH]c12. The fourth-order valence-corrected chi connectivity index (χ4v) is 2.10. The highest BCUT2D eigenvalue weighted by Crippen LogP contribution is 2.36. The molecule has 17 heavy (non-hydrogen) atoms. The summed E-state index contributed by atoms with van der Waals surface area (Å²) in [5.74, 6) is 2.22. The molecule has 1 aliphatic carbocycles. The van der Waals surface area contributed by atoms with Gasteiger partial charge in [0.2, 0.25) is 5.95 Å². The largest absolute Gasteiger partial charge is 0.365 e. The van der Waals surface area contributed by atoms with Gasteiger partial charge in [0, 0.05) is 13.1 Å². The van der Waals surface area contributed by atoms with Crippen molar-refractivity contribution < 1.29 is 0 Å². The fourth-order valence-electron chi connectivity index (χ4n) is 2.10. The monoisotopic (exact) mass is 232 g/mol. The maximum atomic E-state index is 4.44. The van der Waals surface area contributed by atoms with Crippen molar-refractivity contribution in [2.24, 2.45) is 5.92 Å². The van der Waals surface area contributed by atoms with Crippen LogP contribution in [0, 0.1) is 5.92 Å². The Morgan fingerprint density at radius 3 is 3.06 bits per heavy atom. The third kappa shape index (κ3) is 1.79. The van der Waals surface area contributed by atoms with Gasteiger partial charge in [-0.2, -0.15) is 9.97 Å². The predicted octanol–water partition coefficient (Wildman–Crippen LogP) is 1.60. The summed E-state index contributed by atoms with van der Waals surface area (Å²) in [6, 6.07) is 0.547. The van der Waals surface area contributed by atoms with Crippen LogP contribution in [0.15, 0.2) is 6.33 Å². The Balaban J connectivity index is 1.93. The lowest BCUT2D eigenvalue weighted by Gasteiger charge is -2.07. The third-order valence-corrected chi connectivity index (χ3v) is 3.28. The van der Waals surface area contributed by atoms with E-state index in [2.05, 4.69) is 37.5 Å². The second-order valence-corrected chi connectivity index (χ2v) is 4.40. The van der Waals surface area contributed by atoms with Crippen LogP contribution >= 0.6 is 0 Å². The van der Waals surface area contributed by atoms with Crippen LogP contribution in [0.3, 0.4) is 0 Å². The molecule has 2 unspecified atom stereocenters. The number of hydrogen-bond acceptors (Lipinski definition) is 5. The second-order valence-electron chi connectivity index (χ2n) is 4.40. The van der Waals surface area contributed by atoms with Gasteiger partial charge in [0.15, 0.2) is 11.5 Å². The molecule has 1 saturated carbocycles. The van der Waals surface area contributed by atoms with E-state index in [1.165, 1.54) is 12.8 Å². The number of aromatic amines is 1. The van der Waals surface area contributed by atoms with Gasteiger partial charge in [-0.3, -0.25) is 0 Å². The lowest BCUT2D eigenvalue weighted by molar-refractivity contribution is 0.773. The molecule has 2 heterocycles. The summed E-state index contributed by atoms with van der Waals surface area (Å²) in [7, 11) is 1.81. The molecule has 1 aliphatic rings. The standard InChI is InChI=1S/C11H16N6/c1-3-6-4-7(6)15-10-8-9(14-5-13-8)16-11(12-2)17-10/h5-7H,3-4H2,1-2H3,(H3,12,13,14,15,16,17). The molecule has 2 atom stereocenters. The Kier molecular flexibility index (Phi) is 2.35. The topological polar surface area (TPSA) is 78.5 Å². The highest BCUT2D eigenvalue weighted by atomic mass is 15.2. The smallest absolute Gasteiger partial charge is 0.226 e. The number of nitrogens with one attached hydrogen (secondary N) is 3. The van der Waals surface area contributed by atoms with E-state index < -0.39 is 0 Å². The van der Waals surface area contributed by atoms with Crippen molar-refractivity contribution in [3.63, 3.8) is 0 Å². The molecule has 6 nitrogen and oxygen atoms in total. The van der Waals surface area contributed by atoms with E-state index in [0.29, 0.717) is 17.6 Å². The van der Waals surface area contributed by atoms with Gasteiger partial charge in [-0.05, 0) is 12.3 Å². The summed E-state index contributed by atoms with van der Waals surface area (Å²) in [4.78, 5) is 16.0. The number of hydrogen-bond donors (Lipinski definition) is 3. The van der Waals surface area contributed by atoms with Gasteiger partial charge in [-0.15, -0.1) is 0 Å². The molecule has 2 aromatic heterocycles. The van der Waals surface area contributed by atoms with Gasteiger partial charge in [-0.25, -0.2) is 4.98 Å². The van der Waals surface area contributed by atoms with Crippen LogP contribution in [-0.2, 0) is 0 Å². The van der Waals surface area contributed by atoms with Gasteiger partial charge < -0.3 is 15.6 Å². The molecule has 3 rings (SSSR count). The van der Waals surface area contributed by atoms with Gasteiger partial charge >= 0.3 is 0 Å². The number of nitrogens with zero attached hydrogens (tertiary/aromatic N) is 3. The molecular weight excluding hydrogens is 216 g/mol. The molecule has 0 amide bonds. The molecule has 3 N–H and O–H groups in total. The first kappa shape index (κ1) is 10.3. The number of imidazole rings is 1. The first-order valence-electron chi connectivity index (χ1n) is 5.97. The van der Waals surface area contributed by atoms with Crippen LogP contribution in [-0.4, -0.2) is 33.0 Å². The average Bonchev–Trinajstić information content (AvgIpc) is 2.92. The van der Waals surface area contributed by atoms with Gasteiger partial charge in [0.1, 0.15) is 5.52 Å². The van der Waals surface area contributed by atoms with Gasteiger partial charge in [-0.1, -0.05) is 13.3 Å². The summed E-state index contributed by atoms with van der Waals surface area (Å²) in [6.07, 6.45) is 4.09. The number of aromatic nitrogens is 4. The van der Waals surface area contributed by atoms with Crippen LogP contribution in [0.2, 0.25) is 0 Å². The Hall–Kier alpha value is -1.85. The zero-order valence-electron chi connectivity index (χ0n) is 9.99. The van der Waals surface area contributed by atoms with Crippen LogP contribution < -0.4 is 10.6 Å². The number of anilines is 2. The van der Waals surface area contributed by atoms with E-state index in [1.54, 1.807) is 6.33 Å². The maximum absolute atomic E-state index is 4.44. The molecule has 6 heteroatoms. The highest BCUT2D eigenvalue weighted by molar-refractivity contribution is 5.83. The Morgan fingerprint density at radius 1 is 1.47 bits per heavy atom. The maximum Gasteiger partial charge on any atom is 0.226 e. The average molecular weight is 232 g/mol. The van der Waals surface area contributed by atoms with Gasteiger partial charge in [0.05, 0.1) is 6.33 Å². The van der Waals surface area contributed by atoms with Crippen molar-refractivity contribution >= 4 is 22.9 Å². The predicted molar refractivity (Wildman–Crippen MR) is 67.0 cm³/mol. The molecule has 0 aromatic carbocycles. The minimum Gasteiger partial charge on any atom is -0.365 e. The first-order chi connectivity index (χ1) is 8.31. The van der Waals surface area contributed by atoms with Crippen LogP contribution in [0.5, 0.6) is 0 Å². The molecular formula is C11H16N6. The van der Waals surface area contributed by atoms with E-state index in [0.717, 1.165) is 17.3 Å². The molecule has 2 aromatic rings. The van der Waals surface area contributed by atoms with Crippen LogP contribution in [0.1, 0.15) is 19.8 Å². The normalized spacial score (nSPS) is 22.7. The molecule has 0 radical (unpaired) electrons. The Labute approximate surface area is 99.3 Å². The highest BCUT2D eigenvalue weighted by Gasteiger charge is 2.35. The minimum atomic E-state index is 0.547. The van der Waals surface area contributed by atoms with E-state index >= 15 is 0 Å². The van der Waals surface area contributed by atoms with E-state index in [4.69, 9.17) is 0 Å². The summed E-state index contributed by atoms with van der Waals surface area (Å²) in [5, 5.41) is 6.41. The summed E-state index contributed by atoms with van der Waals surface area (Å²) >= 11 is 0. The zero-order valence-corrected chi connectivity index (χ0v) is 9.99. The van der Waals surface area contributed by atoms with Crippen molar-refractivity contribution in [2.75, 3.05) is 17.7 Å². The quantitative estimate of drug-likeness (QED) is 0.746. The lowest BCUT2D eigenvalue weighted by atomic mass is 10.3. The summed E-state index contributed by atoms with van der Waals surface area (Å²) < 4.78 is 0. The first-order valence-corrected chi connectivity index (χ1v) is 5.97. The van der Waals surface area contributed by atoms with Gasteiger partial charge in [0.25, 0.3) is 0 Å². The van der Waals surface area contributed by atoms with E-state index in [-0.39, 0.29) is 0 Å². The van der Waals surface area contributed by atoms with Crippen molar-refractivity contribution in [2.45, 2.75) is 25.8 Å². The van der Waals surface area contributed by atoms with E-state index in [9.17, 15) is 0 Å². The van der Waals surface area contributed by atoms with Crippen molar-refractivity contribution in [1.82, 2.24) is 19.9 Å². The summed E-state index contributed by atoms with van der Waals surface area (Å²) in [5.41, 5.74) is 1.58. The molecule has 90 valence electrons. The third-order valence-electron chi connectivity index (χ3n) is 3.28. The fraction of sp³-hybridized carbons (Fsp3) is 0.545. The molecule has 1 fully saturated rings. The van der Waals surface area contributed by atoms with Crippen molar-refractivity contribution in [1.29, 1.82) is 0 Å². The second kappa shape index (κ2) is 3.87. The number of rotatable bonds is 4. The van der Waals surface area contributed by atoms with Crippen LogP contribution in [0.4, 0.5) is 11.8 Å². The number of fused-ring (bicyclic) bond motifs is 1. The minimum absolute atomic E-state index is 0.547. The molecule has 0 bridgehead atoms. The van der Waals surface area contributed by atoms with Crippen LogP contribution in [0.25, 0.3) is 11.2 Å². The summed E-state index contributed by atoms with van der Waals surface area (Å²) in [6.45, 7) is 2.22. The Morgan fingerprint density at radius 2 is 2.35 bits per heavy atom. The number of H-pyrrole nitrogens is 1. The van der Waals surface area contributed by atoms with E-state index in [1.807, 2.05) is 7.05 Å². The zero-order chi connectivity index (χ0) is 11.8. The molecule has 0 spiro atoms. The molecule has 0 saturated heterocycles.